The van der Waals surface area contributed by atoms with Gasteiger partial charge in [0.05, 0.1) is 0 Å². The molecule has 0 saturated carbocycles. The molecular weight excluding hydrogens is 228 g/mol. The number of anilines is 2. The quantitative estimate of drug-likeness (QED) is 0.789. The summed E-state index contributed by atoms with van der Waals surface area (Å²) in [4.78, 5) is 12.2. The summed E-state index contributed by atoms with van der Waals surface area (Å²) in [7, 11) is 0. The highest BCUT2D eigenvalue weighted by Gasteiger charge is 2.31. The fraction of sp³-hybridized carbons (Fsp3) is 0.500. The van der Waals surface area contributed by atoms with Crippen LogP contribution in [0.5, 0.6) is 0 Å². The van der Waals surface area contributed by atoms with E-state index >= 15 is 0 Å². The number of nitrogens with two attached hydrogens (primary N) is 1. The average Bonchev–Trinajstić information content (AvgIpc) is 2.76. The monoisotopic (exact) mass is 248 g/mol. The summed E-state index contributed by atoms with van der Waals surface area (Å²) in [6.45, 7) is 6.57. The van der Waals surface area contributed by atoms with Crippen LogP contribution >= 0.6 is 0 Å². The van der Waals surface area contributed by atoms with Crippen LogP contribution in [0.3, 0.4) is 0 Å². The molecule has 2 rings (SSSR count). The van der Waals surface area contributed by atoms with E-state index in [-0.39, 0.29) is 17.9 Å². The molecule has 18 heavy (non-hydrogen) atoms. The zero-order valence-electron chi connectivity index (χ0n) is 11.1. The summed E-state index contributed by atoms with van der Waals surface area (Å²) in [6.07, 6.45) is 0.595. The summed E-state index contributed by atoms with van der Waals surface area (Å²) < 4.78 is 5.47. The Morgan fingerprint density at radius 3 is 2.78 bits per heavy atom. The standard InChI is InChI=1S/C14H20N2O2/c1-8-4-5-11(15)10(3)12(8)16-14(17)13-9(2)6-7-18-13/h4-5,9,13H,6-7,15H2,1-3H3,(H,16,17). The first kappa shape index (κ1) is 12.9. The molecule has 1 aromatic carbocycles. The van der Waals surface area contributed by atoms with Crippen LogP contribution in [-0.2, 0) is 9.53 Å². The maximum atomic E-state index is 12.2. The van der Waals surface area contributed by atoms with E-state index in [1.807, 2.05) is 32.9 Å². The van der Waals surface area contributed by atoms with Gasteiger partial charge in [-0.1, -0.05) is 13.0 Å². The molecule has 3 N–H and O–H groups in total. The highest BCUT2D eigenvalue weighted by molar-refractivity contribution is 5.96. The highest BCUT2D eigenvalue weighted by Crippen LogP contribution is 2.27. The maximum Gasteiger partial charge on any atom is 0.253 e. The van der Waals surface area contributed by atoms with Crippen LogP contribution in [0.25, 0.3) is 0 Å². The van der Waals surface area contributed by atoms with Crippen LogP contribution in [0.15, 0.2) is 12.1 Å². The molecule has 1 aliphatic heterocycles. The fourth-order valence-corrected chi connectivity index (χ4v) is 2.28. The van der Waals surface area contributed by atoms with Crippen molar-refractivity contribution in [2.45, 2.75) is 33.3 Å². The van der Waals surface area contributed by atoms with Crippen LogP contribution in [0.4, 0.5) is 11.4 Å². The van der Waals surface area contributed by atoms with Gasteiger partial charge in [0.2, 0.25) is 0 Å². The van der Waals surface area contributed by atoms with E-state index < -0.39 is 0 Å². The summed E-state index contributed by atoms with van der Waals surface area (Å²) in [6, 6.07) is 3.77. The van der Waals surface area contributed by atoms with Crippen LogP contribution in [0.1, 0.15) is 24.5 Å². The zero-order valence-corrected chi connectivity index (χ0v) is 11.1. The van der Waals surface area contributed by atoms with E-state index in [1.165, 1.54) is 0 Å². The number of benzene rings is 1. The molecule has 0 radical (unpaired) electrons. The van der Waals surface area contributed by atoms with Gasteiger partial charge in [0.15, 0.2) is 0 Å². The van der Waals surface area contributed by atoms with Gasteiger partial charge in [0, 0.05) is 18.0 Å². The predicted molar refractivity (Wildman–Crippen MR) is 72.5 cm³/mol. The van der Waals surface area contributed by atoms with Gasteiger partial charge in [-0.15, -0.1) is 0 Å². The van der Waals surface area contributed by atoms with Gasteiger partial charge >= 0.3 is 0 Å². The maximum absolute atomic E-state index is 12.2. The first-order chi connectivity index (χ1) is 8.50. The zero-order chi connectivity index (χ0) is 13.3. The Balaban J connectivity index is 2.19. The van der Waals surface area contributed by atoms with Crippen molar-refractivity contribution in [3.63, 3.8) is 0 Å². The van der Waals surface area contributed by atoms with E-state index in [1.54, 1.807) is 0 Å². The summed E-state index contributed by atoms with van der Waals surface area (Å²) in [5, 5.41) is 2.95. The number of nitrogen functional groups attached to an aromatic ring is 1. The number of hydrogen-bond donors (Lipinski definition) is 2. The number of rotatable bonds is 2. The molecule has 0 aliphatic carbocycles. The Bertz CT molecular complexity index is 471. The molecule has 1 aromatic rings. The Morgan fingerprint density at radius 2 is 2.17 bits per heavy atom. The number of amides is 1. The molecule has 0 spiro atoms. The summed E-state index contributed by atoms with van der Waals surface area (Å²) in [5.74, 6) is 0.198. The van der Waals surface area contributed by atoms with Crippen LogP contribution in [-0.4, -0.2) is 18.6 Å². The molecule has 2 atom stereocenters. The second-order valence-corrected chi connectivity index (χ2v) is 5.02. The van der Waals surface area contributed by atoms with Gasteiger partial charge in [-0.25, -0.2) is 0 Å². The SMILES string of the molecule is Cc1ccc(N)c(C)c1NC(=O)C1OCCC1C. The lowest BCUT2D eigenvalue weighted by Gasteiger charge is -2.18. The number of aryl methyl sites for hydroxylation is 1. The molecule has 4 heteroatoms. The second-order valence-electron chi connectivity index (χ2n) is 5.02. The third kappa shape index (κ3) is 2.34. The summed E-state index contributed by atoms with van der Waals surface area (Å²) >= 11 is 0. The molecule has 98 valence electrons. The van der Waals surface area contributed by atoms with E-state index in [2.05, 4.69) is 5.32 Å². The first-order valence-corrected chi connectivity index (χ1v) is 6.29. The van der Waals surface area contributed by atoms with Crippen molar-refractivity contribution < 1.29 is 9.53 Å². The molecule has 1 amide bonds. The van der Waals surface area contributed by atoms with Crippen molar-refractivity contribution in [1.82, 2.24) is 0 Å². The third-order valence-corrected chi connectivity index (χ3v) is 3.61. The Labute approximate surface area is 108 Å². The van der Waals surface area contributed by atoms with Crippen molar-refractivity contribution in [1.29, 1.82) is 0 Å². The topological polar surface area (TPSA) is 64.3 Å². The highest BCUT2D eigenvalue weighted by atomic mass is 16.5. The van der Waals surface area contributed by atoms with E-state index in [0.29, 0.717) is 12.3 Å². The largest absolute Gasteiger partial charge is 0.398 e. The Hall–Kier alpha value is -1.55. The second kappa shape index (κ2) is 4.98. The molecule has 1 heterocycles. The number of ether oxygens (including phenoxy) is 1. The van der Waals surface area contributed by atoms with Crippen molar-refractivity contribution in [3.05, 3.63) is 23.3 Å². The predicted octanol–water partition coefficient (Wildman–Crippen LogP) is 2.25. The van der Waals surface area contributed by atoms with Crippen molar-refractivity contribution in [3.8, 4) is 0 Å². The lowest BCUT2D eigenvalue weighted by molar-refractivity contribution is -0.126. The molecule has 1 aliphatic rings. The number of carbonyl (C=O) groups is 1. The van der Waals surface area contributed by atoms with Gasteiger partial charge in [-0.05, 0) is 43.4 Å². The van der Waals surface area contributed by atoms with Crippen molar-refractivity contribution >= 4 is 17.3 Å². The molecule has 0 bridgehead atoms. The number of carbonyl (C=O) groups excluding carboxylic acids is 1. The average molecular weight is 248 g/mol. The number of nitrogens with one attached hydrogen (secondary N) is 1. The molecule has 4 nitrogen and oxygen atoms in total. The minimum absolute atomic E-state index is 0.0724. The normalized spacial score (nSPS) is 23.1. The molecular formula is C14H20N2O2. The third-order valence-electron chi connectivity index (χ3n) is 3.61. The van der Waals surface area contributed by atoms with E-state index in [9.17, 15) is 4.79 Å². The van der Waals surface area contributed by atoms with Crippen molar-refractivity contribution in [2.24, 2.45) is 5.92 Å². The van der Waals surface area contributed by atoms with Gasteiger partial charge in [0.1, 0.15) is 6.10 Å². The minimum Gasteiger partial charge on any atom is -0.398 e. The smallest absolute Gasteiger partial charge is 0.253 e. The molecule has 2 unspecified atom stereocenters. The molecule has 1 saturated heterocycles. The van der Waals surface area contributed by atoms with Crippen LogP contribution in [0, 0.1) is 19.8 Å². The van der Waals surface area contributed by atoms with Crippen LogP contribution in [0.2, 0.25) is 0 Å². The van der Waals surface area contributed by atoms with E-state index in [4.69, 9.17) is 10.5 Å². The number of hydrogen-bond acceptors (Lipinski definition) is 3. The van der Waals surface area contributed by atoms with Crippen LogP contribution < -0.4 is 11.1 Å². The van der Waals surface area contributed by atoms with Crippen molar-refractivity contribution in [2.75, 3.05) is 17.7 Å². The minimum atomic E-state index is -0.342. The van der Waals surface area contributed by atoms with Gasteiger partial charge in [0.25, 0.3) is 5.91 Å². The lowest BCUT2D eigenvalue weighted by Crippen LogP contribution is -2.31. The van der Waals surface area contributed by atoms with Gasteiger partial charge in [-0.3, -0.25) is 4.79 Å². The summed E-state index contributed by atoms with van der Waals surface area (Å²) in [5.41, 5.74) is 9.29. The Morgan fingerprint density at radius 1 is 1.44 bits per heavy atom. The van der Waals surface area contributed by atoms with Gasteiger partial charge < -0.3 is 15.8 Å². The molecule has 1 fully saturated rings. The lowest BCUT2D eigenvalue weighted by atomic mass is 10.0. The van der Waals surface area contributed by atoms with E-state index in [0.717, 1.165) is 23.2 Å². The fourth-order valence-electron chi connectivity index (χ4n) is 2.28. The Kier molecular flexibility index (Phi) is 3.57. The van der Waals surface area contributed by atoms with Gasteiger partial charge in [-0.2, -0.15) is 0 Å². The molecule has 0 aromatic heterocycles. The first-order valence-electron chi connectivity index (χ1n) is 6.29.